The first-order valence-corrected chi connectivity index (χ1v) is 10.1. The van der Waals surface area contributed by atoms with Gasteiger partial charge >= 0.3 is 0 Å². The molecule has 1 N–H and O–H groups in total. The van der Waals surface area contributed by atoms with E-state index in [1.807, 2.05) is 30.3 Å². The zero-order chi connectivity index (χ0) is 16.7. The first kappa shape index (κ1) is 15.6. The molecule has 1 aliphatic heterocycles. The molecule has 1 saturated carbocycles. The maximum atomic E-state index is 12.0. The first-order chi connectivity index (χ1) is 11.5. The molecule has 2 atom stereocenters. The van der Waals surface area contributed by atoms with Crippen molar-refractivity contribution in [3.05, 3.63) is 47.9 Å². The summed E-state index contributed by atoms with van der Waals surface area (Å²) in [6, 6.07) is 11.6. The molecule has 1 aliphatic carbocycles. The van der Waals surface area contributed by atoms with Gasteiger partial charge in [-0.1, -0.05) is 13.0 Å². The van der Waals surface area contributed by atoms with Gasteiger partial charge in [-0.15, -0.1) is 0 Å². The van der Waals surface area contributed by atoms with Gasteiger partial charge in [0.1, 0.15) is 11.5 Å². The van der Waals surface area contributed by atoms with Crippen LogP contribution in [0.4, 0.5) is 11.4 Å². The molecule has 0 amide bonds. The van der Waals surface area contributed by atoms with E-state index in [1.54, 1.807) is 0 Å². The van der Waals surface area contributed by atoms with Crippen molar-refractivity contribution in [2.45, 2.75) is 32.2 Å². The van der Waals surface area contributed by atoms with Gasteiger partial charge in [0, 0.05) is 18.2 Å². The van der Waals surface area contributed by atoms with Gasteiger partial charge in [-0.2, -0.15) is 0 Å². The van der Waals surface area contributed by atoms with Crippen molar-refractivity contribution >= 4 is 21.4 Å². The Balaban J connectivity index is 1.43. The van der Waals surface area contributed by atoms with Crippen molar-refractivity contribution in [3.63, 3.8) is 0 Å². The van der Waals surface area contributed by atoms with Crippen molar-refractivity contribution < 1.29 is 12.8 Å². The van der Waals surface area contributed by atoms with Gasteiger partial charge in [-0.3, -0.25) is 4.31 Å². The molecule has 1 aromatic carbocycles. The molecule has 0 bridgehead atoms. The van der Waals surface area contributed by atoms with E-state index in [1.165, 1.54) is 10.7 Å². The molecular weight excluding hydrogens is 324 g/mol. The highest BCUT2D eigenvalue weighted by molar-refractivity contribution is 7.93. The quantitative estimate of drug-likeness (QED) is 0.899. The number of benzene rings is 1. The second kappa shape index (κ2) is 5.84. The number of sulfonamides is 1. The average molecular weight is 346 g/mol. The standard InChI is InChI=1S/C18H22N2O3S/c1-13-10-17(13)18-7-6-16(23-18)12-19-14-4-2-5-15(11-14)20-8-3-9-24(20,21)22/h2,4-7,11,13,17,19H,3,8-10,12H2,1H3. The fraction of sp³-hybridized carbons (Fsp3) is 0.444. The highest BCUT2D eigenvalue weighted by Gasteiger charge is 2.36. The number of anilines is 2. The summed E-state index contributed by atoms with van der Waals surface area (Å²) in [6.07, 6.45) is 1.90. The molecule has 24 heavy (non-hydrogen) atoms. The summed E-state index contributed by atoms with van der Waals surface area (Å²) in [4.78, 5) is 0. The van der Waals surface area contributed by atoms with Crippen molar-refractivity contribution in [2.24, 2.45) is 5.92 Å². The van der Waals surface area contributed by atoms with E-state index in [9.17, 15) is 8.42 Å². The number of rotatable bonds is 5. The largest absolute Gasteiger partial charge is 0.464 e. The van der Waals surface area contributed by atoms with Crippen LogP contribution in [0, 0.1) is 5.92 Å². The highest BCUT2D eigenvalue weighted by atomic mass is 32.2. The summed E-state index contributed by atoms with van der Waals surface area (Å²) in [5.74, 6) is 3.54. The van der Waals surface area contributed by atoms with E-state index in [0.29, 0.717) is 25.4 Å². The van der Waals surface area contributed by atoms with Crippen LogP contribution in [-0.4, -0.2) is 20.7 Å². The Hall–Kier alpha value is -1.95. The summed E-state index contributed by atoms with van der Waals surface area (Å²) in [6.45, 7) is 3.40. The van der Waals surface area contributed by atoms with E-state index in [0.717, 1.165) is 28.8 Å². The van der Waals surface area contributed by atoms with Gasteiger partial charge in [0.2, 0.25) is 10.0 Å². The Morgan fingerprint density at radius 1 is 1.29 bits per heavy atom. The molecule has 2 aromatic rings. The van der Waals surface area contributed by atoms with Gasteiger partial charge in [-0.25, -0.2) is 8.42 Å². The van der Waals surface area contributed by atoms with E-state index in [4.69, 9.17) is 4.42 Å². The molecule has 128 valence electrons. The maximum absolute atomic E-state index is 12.0. The molecule has 1 saturated heterocycles. The molecule has 4 rings (SSSR count). The normalized spacial score (nSPS) is 25.0. The molecule has 0 spiro atoms. The third-order valence-electron chi connectivity index (χ3n) is 4.86. The Morgan fingerprint density at radius 2 is 2.12 bits per heavy atom. The smallest absolute Gasteiger partial charge is 0.235 e. The van der Waals surface area contributed by atoms with Crippen LogP contribution in [0.5, 0.6) is 0 Å². The van der Waals surface area contributed by atoms with Crippen molar-refractivity contribution in [1.29, 1.82) is 0 Å². The minimum atomic E-state index is -3.14. The zero-order valence-corrected chi connectivity index (χ0v) is 14.6. The van der Waals surface area contributed by atoms with Gasteiger partial charge in [0.25, 0.3) is 0 Å². The molecule has 2 fully saturated rings. The molecular formula is C18H22N2O3S. The van der Waals surface area contributed by atoms with Gasteiger partial charge in [0.15, 0.2) is 0 Å². The van der Waals surface area contributed by atoms with E-state index < -0.39 is 10.0 Å². The summed E-state index contributed by atoms with van der Waals surface area (Å²) >= 11 is 0. The number of nitrogens with one attached hydrogen (secondary N) is 1. The molecule has 2 aliphatic rings. The number of hydrogen-bond acceptors (Lipinski definition) is 4. The second-order valence-electron chi connectivity index (χ2n) is 6.77. The second-order valence-corrected chi connectivity index (χ2v) is 8.78. The predicted octanol–water partition coefficient (Wildman–Crippen LogP) is 3.56. The Morgan fingerprint density at radius 3 is 2.83 bits per heavy atom. The number of furan rings is 1. The van der Waals surface area contributed by atoms with Gasteiger partial charge < -0.3 is 9.73 Å². The fourth-order valence-electron chi connectivity index (χ4n) is 3.30. The monoisotopic (exact) mass is 346 g/mol. The lowest BCUT2D eigenvalue weighted by Crippen LogP contribution is -2.25. The van der Waals surface area contributed by atoms with Crippen LogP contribution in [0.1, 0.15) is 37.2 Å². The Bertz CT molecular complexity index is 843. The van der Waals surface area contributed by atoms with E-state index >= 15 is 0 Å². The van der Waals surface area contributed by atoms with Crippen molar-refractivity contribution in [2.75, 3.05) is 21.9 Å². The van der Waals surface area contributed by atoms with Crippen molar-refractivity contribution in [3.8, 4) is 0 Å². The minimum Gasteiger partial charge on any atom is -0.464 e. The zero-order valence-electron chi connectivity index (χ0n) is 13.7. The van der Waals surface area contributed by atoms with Crippen LogP contribution in [0.15, 0.2) is 40.8 Å². The molecule has 1 aromatic heterocycles. The molecule has 2 unspecified atom stereocenters. The molecule has 0 radical (unpaired) electrons. The Labute approximate surface area is 142 Å². The lowest BCUT2D eigenvalue weighted by atomic mass is 10.2. The third kappa shape index (κ3) is 3.02. The van der Waals surface area contributed by atoms with Gasteiger partial charge in [0.05, 0.1) is 18.0 Å². The summed E-state index contributed by atoms with van der Waals surface area (Å²) in [5.41, 5.74) is 1.62. The maximum Gasteiger partial charge on any atom is 0.235 e. The van der Waals surface area contributed by atoms with Crippen LogP contribution < -0.4 is 9.62 Å². The van der Waals surface area contributed by atoms with Crippen LogP contribution in [0.2, 0.25) is 0 Å². The van der Waals surface area contributed by atoms with Crippen LogP contribution >= 0.6 is 0 Å². The lowest BCUT2D eigenvalue weighted by molar-refractivity contribution is 0.468. The third-order valence-corrected chi connectivity index (χ3v) is 6.73. The fourth-order valence-corrected chi connectivity index (χ4v) is 4.85. The molecule has 2 heterocycles. The van der Waals surface area contributed by atoms with E-state index in [2.05, 4.69) is 18.3 Å². The van der Waals surface area contributed by atoms with Gasteiger partial charge in [-0.05, 0) is 49.1 Å². The predicted molar refractivity (Wildman–Crippen MR) is 94.7 cm³/mol. The highest BCUT2D eigenvalue weighted by Crippen LogP contribution is 2.47. The summed E-state index contributed by atoms with van der Waals surface area (Å²) in [7, 11) is -3.14. The van der Waals surface area contributed by atoms with Crippen LogP contribution in [0.3, 0.4) is 0 Å². The van der Waals surface area contributed by atoms with Crippen LogP contribution in [0.25, 0.3) is 0 Å². The summed E-state index contributed by atoms with van der Waals surface area (Å²) in [5, 5.41) is 3.32. The molecule has 5 nitrogen and oxygen atoms in total. The number of hydrogen-bond donors (Lipinski definition) is 1. The first-order valence-electron chi connectivity index (χ1n) is 8.46. The van der Waals surface area contributed by atoms with Crippen molar-refractivity contribution in [1.82, 2.24) is 0 Å². The lowest BCUT2D eigenvalue weighted by Gasteiger charge is -2.17. The minimum absolute atomic E-state index is 0.236. The summed E-state index contributed by atoms with van der Waals surface area (Å²) < 4.78 is 31.5. The van der Waals surface area contributed by atoms with Crippen LogP contribution in [-0.2, 0) is 16.6 Å². The van der Waals surface area contributed by atoms with E-state index in [-0.39, 0.29) is 5.75 Å². The average Bonchev–Trinajstić information content (AvgIpc) is 2.97. The number of nitrogens with zero attached hydrogens (tertiary/aromatic N) is 1. The Kier molecular flexibility index (Phi) is 3.79. The SMILES string of the molecule is CC1CC1c1ccc(CNc2cccc(N3CCCS3(=O)=O)c2)o1. The topological polar surface area (TPSA) is 62.6 Å². The molecule has 6 heteroatoms.